The molecular formula is C39H68O21. The second kappa shape index (κ2) is 45.9. The highest BCUT2D eigenvalue weighted by Crippen LogP contribution is 2.18. The largest absolute Gasteiger partial charge is 0.478 e. The zero-order valence-electron chi connectivity index (χ0n) is 35.7. The van der Waals surface area contributed by atoms with Crippen molar-refractivity contribution in [2.24, 2.45) is 10.8 Å². The standard InChI is InChI=1S/C6H14O3.C5H12O4.7C4H6O2/c1-2-6(3-7,4-8)5-9;6-1-5(2-7,3-8)4-9;7*1-3(2)4(5)6/h7-9H,2-5H2,1H3;6-9H,1-4H2;7*1H2,2H3,(H,5,6). The van der Waals surface area contributed by atoms with Crippen molar-refractivity contribution in [1.29, 1.82) is 0 Å². The van der Waals surface area contributed by atoms with E-state index < -0.39 is 79.0 Å². The third-order valence-electron chi connectivity index (χ3n) is 5.65. The summed E-state index contributed by atoms with van der Waals surface area (Å²) in [6.07, 6.45) is 0.594. The maximum absolute atomic E-state index is 9.60. The maximum Gasteiger partial charge on any atom is 0.330 e. The van der Waals surface area contributed by atoms with Crippen molar-refractivity contribution >= 4 is 41.8 Å². The fraction of sp³-hybridized carbons (Fsp3) is 0.462. The van der Waals surface area contributed by atoms with Gasteiger partial charge in [-0.05, 0) is 54.9 Å². The molecule has 0 bridgehead atoms. The molecule has 0 atom stereocenters. The van der Waals surface area contributed by atoms with Gasteiger partial charge in [0.1, 0.15) is 0 Å². The Morgan fingerprint density at radius 3 is 0.383 bits per heavy atom. The first-order chi connectivity index (χ1) is 27.0. The molecule has 60 heavy (non-hydrogen) atoms. The topological polar surface area (TPSA) is 403 Å². The van der Waals surface area contributed by atoms with Gasteiger partial charge in [0.2, 0.25) is 0 Å². The second-order valence-electron chi connectivity index (χ2n) is 12.1. The average molecular weight is 873 g/mol. The van der Waals surface area contributed by atoms with Crippen LogP contribution in [0.2, 0.25) is 0 Å². The summed E-state index contributed by atoms with van der Waals surface area (Å²) in [5.41, 5.74) is -0.546. The lowest BCUT2D eigenvalue weighted by molar-refractivity contribution is -0.133. The summed E-state index contributed by atoms with van der Waals surface area (Å²) in [5, 5.41) is 115. The number of hydrogen-bond acceptors (Lipinski definition) is 14. The number of aliphatic hydroxyl groups is 7. The van der Waals surface area contributed by atoms with E-state index in [0.29, 0.717) is 6.42 Å². The molecule has 0 heterocycles. The summed E-state index contributed by atoms with van der Waals surface area (Å²) in [7, 11) is 0. The van der Waals surface area contributed by atoms with E-state index in [1.807, 2.05) is 6.92 Å². The van der Waals surface area contributed by atoms with Crippen LogP contribution < -0.4 is 0 Å². The number of carboxylic acids is 7. The Labute approximate surface area is 350 Å². The molecule has 0 unspecified atom stereocenters. The van der Waals surface area contributed by atoms with E-state index in [2.05, 4.69) is 46.1 Å². The van der Waals surface area contributed by atoms with Crippen LogP contribution >= 0.6 is 0 Å². The van der Waals surface area contributed by atoms with Gasteiger partial charge in [0.05, 0.1) is 51.7 Å². The van der Waals surface area contributed by atoms with Crippen LogP contribution in [0.5, 0.6) is 0 Å². The van der Waals surface area contributed by atoms with Gasteiger partial charge in [-0.2, -0.15) is 0 Å². The molecular weight excluding hydrogens is 804 g/mol. The fourth-order valence-corrected chi connectivity index (χ4v) is 0.785. The van der Waals surface area contributed by atoms with Crippen molar-refractivity contribution in [2.45, 2.75) is 61.8 Å². The lowest BCUT2D eigenvalue weighted by atomic mass is 9.88. The quantitative estimate of drug-likeness (QED) is 0.104. The van der Waals surface area contributed by atoms with E-state index in [1.54, 1.807) is 0 Å². The third-order valence-corrected chi connectivity index (χ3v) is 5.65. The number of hydrogen-bond donors (Lipinski definition) is 14. The Morgan fingerprint density at radius 1 is 0.300 bits per heavy atom. The molecule has 0 amide bonds. The highest BCUT2D eigenvalue weighted by molar-refractivity contribution is 5.86. The first-order valence-corrected chi connectivity index (χ1v) is 16.5. The summed E-state index contributed by atoms with van der Waals surface area (Å²) in [5.74, 6) is -6.55. The van der Waals surface area contributed by atoms with Crippen LogP contribution in [0.3, 0.4) is 0 Å². The Hall–Kier alpha value is -5.81. The second-order valence-corrected chi connectivity index (χ2v) is 12.1. The van der Waals surface area contributed by atoms with Gasteiger partial charge in [-0.3, -0.25) is 0 Å². The van der Waals surface area contributed by atoms with Crippen LogP contribution in [0.1, 0.15) is 61.8 Å². The van der Waals surface area contributed by atoms with E-state index >= 15 is 0 Å². The minimum absolute atomic E-state index is 0.156. The predicted molar refractivity (Wildman–Crippen MR) is 222 cm³/mol. The summed E-state index contributed by atoms with van der Waals surface area (Å²) >= 11 is 0. The number of aliphatic hydroxyl groups excluding tert-OH is 7. The van der Waals surface area contributed by atoms with Crippen LogP contribution in [-0.2, 0) is 33.6 Å². The molecule has 0 aliphatic rings. The third kappa shape index (κ3) is 64.1. The van der Waals surface area contributed by atoms with Crippen molar-refractivity contribution in [2.75, 3.05) is 46.2 Å². The summed E-state index contributed by atoms with van der Waals surface area (Å²) < 4.78 is 0. The zero-order valence-corrected chi connectivity index (χ0v) is 35.7. The molecule has 0 aromatic heterocycles. The Morgan fingerprint density at radius 2 is 0.383 bits per heavy atom. The molecule has 0 saturated carbocycles. The van der Waals surface area contributed by atoms with Crippen molar-refractivity contribution in [1.82, 2.24) is 0 Å². The molecule has 21 heteroatoms. The normalized spacial score (nSPS) is 8.85. The van der Waals surface area contributed by atoms with Gasteiger partial charge >= 0.3 is 41.8 Å². The van der Waals surface area contributed by atoms with Crippen LogP contribution in [-0.4, -0.2) is 160 Å². The predicted octanol–water partition coefficient (Wildman–Crippen LogP) is 1.83. The van der Waals surface area contributed by atoms with Gasteiger partial charge in [0, 0.05) is 44.4 Å². The molecule has 0 aliphatic heterocycles. The van der Waals surface area contributed by atoms with Gasteiger partial charge in [-0.1, -0.05) is 53.0 Å². The molecule has 0 rings (SSSR count). The highest BCUT2D eigenvalue weighted by atomic mass is 16.4. The van der Waals surface area contributed by atoms with E-state index in [4.69, 9.17) is 71.5 Å². The van der Waals surface area contributed by atoms with E-state index in [9.17, 15) is 33.6 Å². The van der Waals surface area contributed by atoms with Crippen LogP contribution in [0, 0.1) is 10.8 Å². The first kappa shape index (κ1) is 75.1. The van der Waals surface area contributed by atoms with Crippen molar-refractivity contribution < 1.29 is 105 Å². The molecule has 350 valence electrons. The number of carboxylic acid groups (broad SMARTS) is 7. The molecule has 0 aromatic rings. The smallest absolute Gasteiger partial charge is 0.330 e. The number of rotatable bonds is 15. The number of carbonyl (C=O) groups is 7. The molecule has 14 N–H and O–H groups in total. The summed E-state index contributed by atoms with van der Waals surface area (Å²) in [4.78, 5) is 67.2. The molecule has 0 saturated heterocycles. The van der Waals surface area contributed by atoms with Gasteiger partial charge in [0.15, 0.2) is 0 Å². The summed E-state index contributed by atoms with van der Waals surface area (Å²) in [6, 6.07) is 0. The summed E-state index contributed by atoms with van der Waals surface area (Å²) in [6.45, 7) is 31.9. The minimum Gasteiger partial charge on any atom is -0.478 e. The molecule has 21 nitrogen and oxygen atoms in total. The van der Waals surface area contributed by atoms with Crippen LogP contribution in [0.4, 0.5) is 0 Å². The van der Waals surface area contributed by atoms with Gasteiger partial charge in [-0.15, -0.1) is 0 Å². The minimum atomic E-state index is -1.11. The average Bonchev–Trinajstić information content (AvgIpc) is 3.15. The molecule has 0 aliphatic carbocycles. The molecule has 0 aromatic carbocycles. The van der Waals surface area contributed by atoms with Crippen LogP contribution in [0.25, 0.3) is 0 Å². The highest BCUT2D eigenvalue weighted by Gasteiger charge is 2.26. The van der Waals surface area contributed by atoms with E-state index in [0.717, 1.165) is 0 Å². The Balaban J connectivity index is -0.0000000701. The van der Waals surface area contributed by atoms with Crippen molar-refractivity contribution in [3.63, 3.8) is 0 Å². The van der Waals surface area contributed by atoms with Crippen molar-refractivity contribution in [3.8, 4) is 0 Å². The molecule has 0 fully saturated rings. The Kier molecular flexibility index (Phi) is 57.4. The van der Waals surface area contributed by atoms with Gasteiger partial charge < -0.3 is 71.5 Å². The lowest BCUT2D eigenvalue weighted by Gasteiger charge is -2.24. The van der Waals surface area contributed by atoms with Gasteiger partial charge in [0.25, 0.3) is 0 Å². The van der Waals surface area contributed by atoms with Crippen LogP contribution in [0.15, 0.2) is 85.1 Å². The van der Waals surface area contributed by atoms with E-state index in [-0.39, 0.29) is 58.8 Å². The number of aliphatic carboxylic acids is 7. The fourth-order valence-electron chi connectivity index (χ4n) is 0.785. The lowest BCUT2D eigenvalue weighted by Crippen LogP contribution is -2.37. The monoisotopic (exact) mass is 872 g/mol. The Bertz CT molecular complexity index is 1010. The maximum atomic E-state index is 9.60. The zero-order chi connectivity index (χ0) is 50.7. The SMILES string of the molecule is C=C(C)C(=O)O.C=C(C)C(=O)O.C=C(C)C(=O)O.C=C(C)C(=O)O.C=C(C)C(=O)O.C=C(C)C(=O)O.C=C(C)C(=O)O.CCC(CO)(CO)CO.OCC(CO)(CO)CO. The van der Waals surface area contributed by atoms with E-state index in [1.165, 1.54) is 48.5 Å². The molecule has 0 spiro atoms. The van der Waals surface area contributed by atoms with Gasteiger partial charge in [-0.25, -0.2) is 33.6 Å². The van der Waals surface area contributed by atoms with Crippen molar-refractivity contribution in [3.05, 3.63) is 85.1 Å². The first-order valence-electron chi connectivity index (χ1n) is 16.5. The molecule has 0 radical (unpaired) electrons.